The van der Waals surface area contributed by atoms with Gasteiger partial charge in [0.1, 0.15) is 11.6 Å². The second kappa shape index (κ2) is 8.08. The van der Waals surface area contributed by atoms with E-state index in [0.717, 1.165) is 0 Å². The largest absolute Gasteiger partial charge is 0.509 e. The van der Waals surface area contributed by atoms with Gasteiger partial charge in [-0.2, -0.15) is 0 Å². The standard InChI is InChI=1S/C18H16F2O3/c1-2-22-18(21)23-17(14-8-4-6-10-16(14)20)12-11-13-7-3-5-9-15(13)19/h3-12,17H,2H2,1H3/b12-11+. The third kappa shape index (κ3) is 4.64. The molecule has 0 amide bonds. The van der Waals surface area contributed by atoms with Crippen molar-refractivity contribution in [2.24, 2.45) is 0 Å². The molecule has 0 aliphatic rings. The van der Waals surface area contributed by atoms with Crippen LogP contribution in [0.2, 0.25) is 0 Å². The van der Waals surface area contributed by atoms with Crippen molar-refractivity contribution in [2.75, 3.05) is 6.61 Å². The first-order chi connectivity index (χ1) is 11.1. The molecule has 2 rings (SSSR count). The molecular weight excluding hydrogens is 302 g/mol. The number of carbonyl (C=O) groups excluding carboxylic acids is 1. The zero-order valence-corrected chi connectivity index (χ0v) is 12.5. The number of benzene rings is 2. The molecule has 0 radical (unpaired) electrons. The molecule has 0 heterocycles. The summed E-state index contributed by atoms with van der Waals surface area (Å²) >= 11 is 0. The van der Waals surface area contributed by atoms with Gasteiger partial charge in [-0.25, -0.2) is 13.6 Å². The molecule has 2 aromatic rings. The van der Waals surface area contributed by atoms with Crippen LogP contribution >= 0.6 is 0 Å². The third-order valence-electron chi connectivity index (χ3n) is 3.05. The SMILES string of the molecule is CCOC(=O)OC(/C=C/c1ccccc1F)c1ccccc1F. The number of halogens is 2. The molecule has 0 spiro atoms. The fourth-order valence-electron chi connectivity index (χ4n) is 1.97. The summed E-state index contributed by atoms with van der Waals surface area (Å²) in [5.41, 5.74) is 0.467. The van der Waals surface area contributed by atoms with Crippen molar-refractivity contribution in [3.63, 3.8) is 0 Å². The van der Waals surface area contributed by atoms with Crippen molar-refractivity contribution in [3.8, 4) is 0 Å². The van der Waals surface area contributed by atoms with Crippen molar-refractivity contribution in [1.82, 2.24) is 0 Å². The number of carbonyl (C=O) groups is 1. The monoisotopic (exact) mass is 318 g/mol. The highest BCUT2D eigenvalue weighted by Crippen LogP contribution is 2.24. The van der Waals surface area contributed by atoms with Gasteiger partial charge < -0.3 is 9.47 Å². The van der Waals surface area contributed by atoms with E-state index in [4.69, 9.17) is 9.47 Å². The fraction of sp³-hybridized carbons (Fsp3) is 0.167. The molecule has 0 aromatic heterocycles. The Balaban J connectivity index is 2.28. The summed E-state index contributed by atoms with van der Waals surface area (Å²) in [6, 6.07) is 12.0. The number of rotatable bonds is 5. The van der Waals surface area contributed by atoms with E-state index in [1.165, 1.54) is 36.4 Å². The molecule has 23 heavy (non-hydrogen) atoms. The second-order valence-electron chi connectivity index (χ2n) is 4.62. The summed E-state index contributed by atoms with van der Waals surface area (Å²) in [6.07, 6.45) is 0.910. The van der Waals surface area contributed by atoms with Gasteiger partial charge in [0.05, 0.1) is 6.61 Å². The van der Waals surface area contributed by atoms with Crippen LogP contribution in [0.3, 0.4) is 0 Å². The van der Waals surface area contributed by atoms with Crippen LogP contribution in [0, 0.1) is 11.6 Å². The molecule has 3 nitrogen and oxygen atoms in total. The molecule has 1 unspecified atom stereocenters. The lowest BCUT2D eigenvalue weighted by Crippen LogP contribution is -2.12. The summed E-state index contributed by atoms with van der Waals surface area (Å²) in [5, 5.41) is 0. The van der Waals surface area contributed by atoms with E-state index in [-0.39, 0.29) is 12.2 Å². The molecular formula is C18H16F2O3. The molecule has 0 saturated carbocycles. The van der Waals surface area contributed by atoms with Crippen molar-refractivity contribution < 1.29 is 23.0 Å². The number of hydrogen-bond acceptors (Lipinski definition) is 3. The van der Waals surface area contributed by atoms with Gasteiger partial charge in [-0.1, -0.05) is 42.5 Å². The fourth-order valence-corrected chi connectivity index (χ4v) is 1.97. The highest BCUT2D eigenvalue weighted by atomic mass is 19.1. The van der Waals surface area contributed by atoms with Gasteiger partial charge in [0.2, 0.25) is 0 Å². The van der Waals surface area contributed by atoms with Gasteiger partial charge in [-0.15, -0.1) is 0 Å². The van der Waals surface area contributed by atoms with Gasteiger partial charge in [-0.3, -0.25) is 0 Å². The Morgan fingerprint density at radius 1 is 1.09 bits per heavy atom. The predicted molar refractivity (Wildman–Crippen MR) is 82.7 cm³/mol. The molecule has 1 atom stereocenters. The van der Waals surface area contributed by atoms with Crippen LogP contribution in [0.1, 0.15) is 24.2 Å². The van der Waals surface area contributed by atoms with Crippen molar-refractivity contribution in [1.29, 1.82) is 0 Å². The van der Waals surface area contributed by atoms with Crippen LogP contribution in [0.5, 0.6) is 0 Å². The van der Waals surface area contributed by atoms with E-state index in [0.29, 0.717) is 5.56 Å². The first-order valence-electron chi connectivity index (χ1n) is 7.12. The zero-order valence-electron chi connectivity index (χ0n) is 12.5. The summed E-state index contributed by atoms with van der Waals surface area (Å²) < 4.78 is 37.4. The smallest absolute Gasteiger partial charge is 0.435 e. The molecule has 0 bridgehead atoms. The molecule has 0 aliphatic heterocycles. The summed E-state index contributed by atoms with van der Waals surface area (Å²) in [4.78, 5) is 11.5. The van der Waals surface area contributed by atoms with E-state index in [1.807, 2.05) is 0 Å². The van der Waals surface area contributed by atoms with Gasteiger partial charge in [0.15, 0.2) is 6.10 Å². The Hall–Kier alpha value is -2.69. The molecule has 0 saturated heterocycles. The highest BCUT2D eigenvalue weighted by molar-refractivity contribution is 5.61. The molecule has 0 aliphatic carbocycles. The van der Waals surface area contributed by atoms with Gasteiger partial charge in [0.25, 0.3) is 0 Å². The third-order valence-corrected chi connectivity index (χ3v) is 3.05. The van der Waals surface area contributed by atoms with E-state index < -0.39 is 23.9 Å². The molecule has 120 valence electrons. The molecule has 0 fully saturated rings. The lowest BCUT2D eigenvalue weighted by molar-refractivity contribution is 0.0394. The van der Waals surface area contributed by atoms with Gasteiger partial charge in [0, 0.05) is 11.1 Å². The molecule has 5 heteroatoms. The Kier molecular flexibility index (Phi) is 5.86. The molecule has 0 N–H and O–H groups in total. The number of hydrogen-bond donors (Lipinski definition) is 0. The minimum absolute atomic E-state index is 0.139. The first kappa shape index (κ1) is 16.7. The van der Waals surface area contributed by atoms with E-state index in [9.17, 15) is 13.6 Å². The van der Waals surface area contributed by atoms with Crippen LogP contribution in [0.25, 0.3) is 6.08 Å². The van der Waals surface area contributed by atoms with Gasteiger partial charge >= 0.3 is 6.16 Å². The van der Waals surface area contributed by atoms with Crippen molar-refractivity contribution in [3.05, 3.63) is 77.4 Å². The van der Waals surface area contributed by atoms with Crippen LogP contribution < -0.4 is 0 Å². The lowest BCUT2D eigenvalue weighted by atomic mass is 10.1. The Labute approximate surface area is 133 Å². The van der Waals surface area contributed by atoms with E-state index in [1.54, 1.807) is 31.2 Å². The van der Waals surface area contributed by atoms with Crippen LogP contribution in [-0.4, -0.2) is 12.8 Å². The number of ether oxygens (including phenoxy) is 2. The lowest BCUT2D eigenvalue weighted by Gasteiger charge is -2.15. The average molecular weight is 318 g/mol. The van der Waals surface area contributed by atoms with Gasteiger partial charge in [-0.05, 0) is 25.1 Å². The van der Waals surface area contributed by atoms with Crippen molar-refractivity contribution >= 4 is 12.2 Å². The predicted octanol–water partition coefficient (Wildman–Crippen LogP) is 4.89. The average Bonchev–Trinajstić information content (AvgIpc) is 2.53. The van der Waals surface area contributed by atoms with Crippen LogP contribution in [-0.2, 0) is 9.47 Å². The van der Waals surface area contributed by atoms with E-state index in [2.05, 4.69) is 0 Å². The summed E-state index contributed by atoms with van der Waals surface area (Å²) in [7, 11) is 0. The Morgan fingerprint density at radius 2 is 1.74 bits per heavy atom. The maximum absolute atomic E-state index is 13.9. The topological polar surface area (TPSA) is 35.5 Å². The summed E-state index contributed by atoms with van der Waals surface area (Å²) in [6.45, 7) is 1.77. The zero-order chi connectivity index (χ0) is 16.7. The van der Waals surface area contributed by atoms with Crippen LogP contribution in [0.4, 0.5) is 13.6 Å². The maximum atomic E-state index is 13.9. The quantitative estimate of drug-likeness (QED) is 0.736. The second-order valence-corrected chi connectivity index (χ2v) is 4.62. The molecule has 2 aromatic carbocycles. The Morgan fingerprint density at radius 3 is 2.39 bits per heavy atom. The summed E-state index contributed by atoms with van der Waals surface area (Å²) in [5.74, 6) is -0.952. The minimum atomic E-state index is -1.02. The van der Waals surface area contributed by atoms with Crippen LogP contribution in [0.15, 0.2) is 54.6 Å². The van der Waals surface area contributed by atoms with E-state index >= 15 is 0 Å². The van der Waals surface area contributed by atoms with Crippen molar-refractivity contribution in [2.45, 2.75) is 13.0 Å². The first-order valence-corrected chi connectivity index (χ1v) is 7.12. The normalized spacial score (nSPS) is 12.1. The highest BCUT2D eigenvalue weighted by Gasteiger charge is 2.18. The Bertz CT molecular complexity index is 698. The maximum Gasteiger partial charge on any atom is 0.509 e. The minimum Gasteiger partial charge on any atom is -0.435 e.